The highest BCUT2D eigenvalue weighted by Gasteiger charge is 2.34. The summed E-state index contributed by atoms with van der Waals surface area (Å²) in [6.45, 7) is 1.04. The van der Waals surface area contributed by atoms with Crippen molar-refractivity contribution in [3.8, 4) is 11.5 Å². The zero-order chi connectivity index (χ0) is 25.3. The molecule has 1 aromatic heterocycles. The molecule has 1 fully saturated rings. The van der Waals surface area contributed by atoms with Crippen molar-refractivity contribution in [2.24, 2.45) is 0 Å². The Balaban J connectivity index is 1.49. The predicted molar refractivity (Wildman–Crippen MR) is 123 cm³/mol. The highest BCUT2D eigenvalue weighted by Crippen LogP contribution is 2.44. The van der Waals surface area contributed by atoms with Crippen molar-refractivity contribution in [1.82, 2.24) is 9.97 Å². The standard InChI is InChI=1S/C24H22F3N3O5S/c25-24(26,27)15-2-4-20(22(12-15)35-16-6-10-33-14-16)18-7-11-34-21-13-17(3-5-19(18)21)36(31,32)30-23-28-8-1-9-29-23/h1-5,8-9,12-13,16,18H,6-7,10-11,14H2,(H,28,29,30)/t16-,18-/m1/s1. The van der Waals surface area contributed by atoms with Crippen LogP contribution in [0, 0.1) is 0 Å². The van der Waals surface area contributed by atoms with E-state index < -0.39 is 21.8 Å². The number of aromatic nitrogens is 2. The molecule has 0 amide bonds. The summed E-state index contributed by atoms with van der Waals surface area (Å²) in [6, 6.07) is 9.45. The molecule has 1 N–H and O–H groups in total. The number of ether oxygens (including phenoxy) is 3. The van der Waals surface area contributed by atoms with Crippen LogP contribution in [-0.2, 0) is 20.9 Å². The average Bonchev–Trinajstić information content (AvgIpc) is 3.36. The first-order valence-corrected chi connectivity index (χ1v) is 12.7. The Morgan fingerprint density at radius 3 is 2.50 bits per heavy atom. The monoisotopic (exact) mass is 521 g/mol. The van der Waals surface area contributed by atoms with Crippen LogP contribution < -0.4 is 14.2 Å². The SMILES string of the molecule is O=S(=O)(Nc1ncccn1)c1ccc2c(c1)OCC[C@H]2c1ccc(C(F)(F)F)cc1O[C@@H]1CCOC1. The highest BCUT2D eigenvalue weighted by molar-refractivity contribution is 7.92. The third-order valence-corrected chi connectivity index (χ3v) is 7.35. The highest BCUT2D eigenvalue weighted by atomic mass is 32.2. The number of anilines is 1. The van der Waals surface area contributed by atoms with Crippen LogP contribution in [0.5, 0.6) is 11.5 Å². The molecule has 0 unspecified atom stereocenters. The summed E-state index contributed by atoms with van der Waals surface area (Å²) >= 11 is 0. The number of halogens is 3. The molecule has 5 rings (SSSR count). The summed E-state index contributed by atoms with van der Waals surface area (Å²) in [6.07, 6.45) is -0.975. The van der Waals surface area contributed by atoms with E-state index in [1.807, 2.05) is 0 Å². The average molecular weight is 522 g/mol. The van der Waals surface area contributed by atoms with Crippen molar-refractivity contribution in [3.05, 3.63) is 71.5 Å². The van der Waals surface area contributed by atoms with Gasteiger partial charge in [0.1, 0.15) is 17.6 Å². The summed E-state index contributed by atoms with van der Waals surface area (Å²) in [4.78, 5) is 7.68. The molecule has 36 heavy (non-hydrogen) atoms. The van der Waals surface area contributed by atoms with Gasteiger partial charge in [0.25, 0.3) is 10.0 Å². The first kappa shape index (κ1) is 24.3. The van der Waals surface area contributed by atoms with Gasteiger partial charge in [-0.2, -0.15) is 13.2 Å². The molecule has 3 aromatic rings. The molecule has 2 aromatic carbocycles. The van der Waals surface area contributed by atoms with Gasteiger partial charge >= 0.3 is 6.18 Å². The minimum Gasteiger partial charge on any atom is -0.493 e. The van der Waals surface area contributed by atoms with E-state index in [2.05, 4.69) is 14.7 Å². The lowest BCUT2D eigenvalue weighted by atomic mass is 9.85. The normalized spacial score (nSPS) is 19.9. The molecule has 190 valence electrons. The van der Waals surface area contributed by atoms with Crippen LogP contribution in [0.2, 0.25) is 0 Å². The fourth-order valence-electron chi connectivity index (χ4n) is 4.28. The number of nitrogens with zero attached hydrogens (tertiary/aromatic N) is 2. The van der Waals surface area contributed by atoms with Crippen LogP contribution in [0.15, 0.2) is 59.8 Å². The van der Waals surface area contributed by atoms with Crippen LogP contribution >= 0.6 is 0 Å². The quantitative estimate of drug-likeness (QED) is 0.514. The van der Waals surface area contributed by atoms with Crippen LogP contribution in [0.3, 0.4) is 0 Å². The molecular formula is C24H22F3N3O5S. The van der Waals surface area contributed by atoms with Gasteiger partial charge in [0, 0.05) is 41.9 Å². The fraction of sp³-hybridized carbons (Fsp3) is 0.333. The Hall–Kier alpha value is -3.38. The summed E-state index contributed by atoms with van der Waals surface area (Å²) < 4.78 is 85.3. The molecule has 2 aliphatic rings. The van der Waals surface area contributed by atoms with Gasteiger partial charge in [-0.25, -0.2) is 23.1 Å². The van der Waals surface area contributed by atoms with Crippen molar-refractivity contribution < 1.29 is 35.8 Å². The number of alkyl halides is 3. The molecule has 12 heteroatoms. The van der Waals surface area contributed by atoms with Crippen molar-refractivity contribution >= 4 is 16.0 Å². The van der Waals surface area contributed by atoms with Crippen molar-refractivity contribution in [2.45, 2.75) is 35.9 Å². The predicted octanol–water partition coefficient (Wildman–Crippen LogP) is 4.38. The molecule has 0 bridgehead atoms. The van der Waals surface area contributed by atoms with E-state index in [4.69, 9.17) is 14.2 Å². The number of nitrogens with one attached hydrogen (secondary N) is 1. The zero-order valence-electron chi connectivity index (χ0n) is 18.9. The second kappa shape index (κ2) is 9.58. The molecule has 8 nitrogen and oxygen atoms in total. The molecule has 0 saturated carbocycles. The van der Waals surface area contributed by atoms with Crippen molar-refractivity contribution in [3.63, 3.8) is 0 Å². The Morgan fingerprint density at radius 1 is 1.00 bits per heavy atom. The maximum Gasteiger partial charge on any atom is 0.416 e. The third kappa shape index (κ3) is 5.09. The van der Waals surface area contributed by atoms with Gasteiger partial charge in [-0.1, -0.05) is 12.1 Å². The second-order valence-electron chi connectivity index (χ2n) is 8.42. The number of sulfonamides is 1. The Labute approximate surface area is 205 Å². The smallest absolute Gasteiger partial charge is 0.416 e. The topological polar surface area (TPSA) is 99.6 Å². The second-order valence-corrected chi connectivity index (χ2v) is 10.1. The summed E-state index contributed by atoms with van der Waals surface area (Å²) in [5.41, 5.74) is 0.428. The Kier molecular flexibility index (Phi) is 6.47. The van der Waals surface area contributed by atoms with Crippen LogP contribution in [0.4, 0.5) is 19.1 Å². The molecule has 2 atom stereocenters. The van der Waals surface area contributed by atoms with E-state index in [9.17, 15) is 21.6 Å². The first-order valence-electron chi connectivity index (χ1n) is 11.2. The summed E-state index contributed by atoms with van der Waals surface area (Å²) in [7, 11) is -3.99. The van der Waals surface area contributed by atoms with Crippen LogP contribution in [0.1, 0.15) is 35.4 Å². The van der Waals surface area contributed by atoms with Crippen LogP contribution in [-0.4, -0.2) is 44.3 Å². The van der Waals surface area contributed by atoms with Gasteiger partial charge in [0.15, 0.2) is 0 Å². The van der Waals surface area contributed by atoms with Gasteiger partial charge in [0.2, 0.25) is 5.95 Å². The fourth-order valence-corrected chi connectivity index (χ4v) is 5.25. The first-order chi connectivity index (χ1) is 17.2. The van der Waals surface area contributed by atoms with Gasteiger partial charge in [0.05, 0.1) is 30.3 Å². The molecule has 3 heterocycles. The lowest BCUT2D eigenvalue weighted by Crippen LogP contribution is -2.21. The molecule has 1 saturated heterocycles. The minimum atomic E-state index is -4.52. The number of fused-ring (bicyclic) bond motifs is 1. The maximum atomic E-state index is 13.4. The molecular weight excluding hydrogens is 499 g/mol. The maximum absolute atomic E-state index is 13.4. The Bertz CT molecular complexity index is 1350. The largest absolute Gasteiger partial charge is 0.493 e. The lowest BCUT2D eigenvalue weighted by Gasteiger charge is -2.29. The number of hydrogen-bond donors (Lipinski definition) is 1. The van der Waals surface area contributed by atoms with Crippen LogP contribution in [0.25, 0.3) is 0 Å². The van der Waals surface area contributed by atoms with E-state index in [0.717, 1.165) is 12.1 Å². The third-order valence-electron chi connectivity index (χ3n) is 6.02. The lowest BCUT2D eigenvalue weighted by molar-refractivity contribution is -0.137. The molecule has 0 aliphatic carbocycles. The van der Waals surface area contributed by atoms with Crippen molar-refractivity contribution in [2.75, 3.05) is 24.5 Å². The number of rotatable bonds is 6. The number of hydrogen-bond acceptors (Lipinski definition) is 7. The van der Waals surface area contributed by atoms with E-state index in [1.165, 1.54) is 30.6 Å². The minimum absolute atomic E-state index is 0.0543. The Morgan fingerprint density at radius 2 is 1.78 bits per heavy atom. The van der Waals surface area contributed by atoms with Gasteiger partial charge in [-0.15, -0.1) is 0 Å². The van der Waals surface area contributed by atoms with Gasteiger partial charge in [-0.05, 0) is 30.7 Å². The van der Waals surface area contributed by atoms with Crippen molar-refractivity contribution in [1.29, 1.82) is 0 Å². The number of benzene rings is 2. The van der Waals surface area contributed by atoms with Gasteiger partial charge in [-0.3, -0.25) is 0 Å². The summed E-state index contributed by atoms with van der Waals surface area (Å²) in [5, 5.41) is 0. The summed E-state index contributed by atoms with van der Waals surface area (Å²) in [5.74, 6) is 0.0443. The molecule has 2 aliphatic heterocycles. The van der Waals surface area contributed by atoms with E-state index in [0.29, 0.717) is 42.9 Å². The zero-order valence-corrected chi connectivity index (χ0v) is 19.7. The molecule has 0 radical (unpaired) electrons. The van der Waals surface area contributed by atoms with E-state index in [-0.39, 0.29) is 35.2 Å². The molecule has 0 spiro atoms. The van der Waals surface area contributed by atoms with E-state index >= 15 is 0 Å². The van der Waals surface area contributed by atoms with Gasteiger partial charge < -0.3 is 14.2 Å². The van der Waals surface area contributed by atoms with E-state index in [1.54, 1.807) is 12.1 Å².